The fourth-order valence-corrected chi connectivity index (χ4v) is 1.62. The Labute approximate surface area is 101 Å². The Bertz CT molecular complexity index is 353. The molecule has 0 fully saturated rings. The SMILES string of the molecule is CC(N)CC(=O)NCCc1cccc(Cl)c1. The van der Waals surface area contributed by atoms with Crippen molar-refractivity contribution in [2.75, 3.05) is 6.54 Å². The molecule has 0 aliphatic heterocycles. The van der Waals surface area contributed by atoms with Crippen molar-refractivity contribution in [2.45, 2.75) is 25.8 Å². The maximum atomic E-state index is 11.3. The van der Waals surface area contributed by atoms with E-state index in [2.05, 4.69) is 5.32 Å². The first-order chi connectivity index (χ1) is 7.58. The van der Waals surface area contributed by atoms with Gasteiger partial charge in [-0.2, -0.15) is 0 Å². The Balaban J connectivity index is 2.28. The molecular weight excluding hydrogens is 224 g/mol. The summed E-state index contributed by atoms with van der Waals surface area (Å²) in [6, 6.07) is 7.54. The zero-order valence-corrected chi connectivity index (χ0v) is 10.1. The zero-order chi connectivity index (χ0) is 12.0. The van der Waals surface area contributed by atoms with Crippen LogP contribution in [-0.4, -0.2) is 18.5 Å². The molecule has 88 valence electrons. The van der Waals surface area contributed by atoms with Gasteiger partial charge in [0.25, 0.3) is 0 Å². The van der Waals surface area contributed by atoms with E-state index >= 15 is 0 Å². The van der Waals surface area contributed by atoms with Crippen LogP contribution in [-0.2, 0) is 11.2 Å². The molecule has 1 aromatic rings. The monoisotopic (exact) mass is 240 g/mol. The van der Waals surface area contributed by atoms with Crippen LogP contribution in [0.5, 0.6) is 0 Å². The number of nitrogens with one attached hydrogen (secondary N) is 1. The highest BCUT2D eigenvalue weighted by atomic mass is 35.5. The first-order valence-corrected chi connectivity index (χ1v) is 5.72. The van der Waals surface area contributed by atoms with E-state index < -0.39 is 0 Å². The van der Waals surface area contributed by atoms with Crippen molar-refractivity contribution in [1.29, 1.82) is 0 Å². The molecule has 3 N–H and O–H groups in total. The van der Waals surface area contributed by atoms with Crippen molar-refractivity contribution in [1.82, 2.24) is 5.32 Å². The predicted octanol–water partition coefficient (Wildman–Crippen LogP) is 1.74. The summed E-state index contributed by atoms with van der Waals surface area (Å²) in [7, 11) is 0. The summed E-state index contributed by atoms with van der Waals surface area (Å²) in [4.78, 5) is 11.3. The van der Waals surface area contributed by atoms with Gasteiger partial charge in [-0.3, -0.25) is 4.79 Å². The molecule has 0 saturated carbocycles. The fraction of sp³-hybridized carbons (Fsp3) is 0.417. The number of rotatable bonds is 5. The van der Waals surface area contributed by atoms with Crippen molar-refractivity contribution < 1.29 is 4.79 Å². The van der Waals surface area contributed by atoms with Gasteiger partial charge < -0.3 is 11.1 Å². The molecule has 0 heterocycles. The quantitative estimate of drug-likeness (QED) is 0.824. The minimum atomic E-state index is -0.0915. The van der Waals surface area contributed by atoms with Gasteiger partial charge in [0.15, 0.2) is 0 Å². The standard InChI is InChI=1S/C12H17ClN2O/c1-9(14)7-12(16)15-6-5-10-3-2-4-11(13)8-10/h2-4,8-9H,5-7,14H2,1H3,(H,15,16). The lowest BCUT2D eigenvalue weighted by atomic mass is 10.1. The molecule has 16 heavy (non-hydrogen) atoms. The van der Waals surface area contributed by atoms with Crippen LogP contribution in [0.3, 0.4) is 0 Å². The van der Waals surface area contributed by atoms with Gasteiger partial charge in [-0.25, -0.2) is 0 Å². The third-order valence-electron chi connectivity index (χ3n) is 2.13. The van der Waals surface area contributed by atoms with Crippen LogP contribution >= 0.6 is 11.6 Å². The van der Waals surface area contributed by atoms with Gasteiger partial charge in [0.2, 0.25) is 5.91 Å². The van der Waals surface area contributed by atoms with Crippen molar-refractivity contribution in [3.8, 4) is 0 Å². The van der Waals surface area contributed by atoms with Gasteiger partial charge in [-0.05, 0) is 31.0 Å². The zero-order valence-electron chi connectivity index (χ0n) is 9.37. The van der Waals surface area contributed by atoms with Crippen LogP contribution in [0.4, 0.5) is 0 Å². The van der Waals surface area contributed by atoms with Gasteiger partial charge in [0.1, 0.15) is 0 Å². The summed E-state index contributed by atoms with van der Waals surface area (Å²) in [6.45, 7) is 2.43. The van der Waals surface area contributed by atoms with E-state index in [4.69, 9.17) is 17.3 Å². The highest BCUT2D eigenvalue weighted by Gasteiger charge is 2.03. The normalized spacial score (nSPS) is 12.2. The summed E-state index contributed by atoms with van der Waals surface area (Å²) in [5.74, 6) is -0.00275. The lowest BCUT2D eigenvalue weighted by Crippen LogP contribution is -2.31. The Morgan fingerprint density at radius 2 is 2.31 bits per heavy atom. The molecule has 1 unspecified atom stereocenters. The molecule has 0 aliphatic rings. The van der Waals surface area contributed by atoms with E-state index in [0.29, 0.717) is 13.0 Å². The van der Waals surface area contributed by atoms with Gasteiger partial charge >= 0.3 is 0 Å². The van der Waals surface area contributed by atoms with E-state index in [1.165, 1.54) is 0 Å². The molecule has 0 bridgehead atoms. The van der Waals surface area contributed by atoms with Crippen LogP contribution in [0.2, 0.25) is 5.02 Å². The molecule has 1 amide bonds. The van der Waals surface area contributed by atoms with E-state index in [0.717, 1.165) is 17.0 Å². The van der Waals surface area contributed by atoms with Gasteiger partial charge in [-0.15, -0.1) is 0 Å². The van der Waals surface area contributed by atoms with Crippen LogP contribution < -0.4 is 11.1 Å². The van der Waals surface area contributed by atoms with Crippen molar-refractivity contribution in [2.24, 2.45) is 5.73 Å². The van der Waals surface area contributed by atoms with Crippen LogP contribution in [0.15, 0.2) is 24.3 Å². The minimum Gasteiger partial charge on any atom is -0.356 e. The summed E-state index contributed by atoms with van der Waals surface area (Å²) >= 11 is 5.85. The average Bonchev–Trinajstić information content (AvgIpc) is 2.16. The molecule has 4 heteroatoms. The number of hydrogen-bond donors (Lipinski definition) is 2. The average molecular weight is 241 g/mol. The van der Waals surface area contributed by atoms with Crippen molar-refractivity contribution in [3.63, 3.8) is 0 Å². The van der Waals surface area contributed by atoms with Gasteiger partial charge in [-0.1, -0.05) is 23.7 Å². The number of carbonyl (C=O) groups excluding carboxylic acids is 1. The Morgan fingerprint density at radius 1 is 1.56 bits per heavy atom. The number of amides is 1. The maximum Gasteiger partial charge on any atom is 0.221 e. The minimum absolute atomic E-state index is 0.00275. The highest BCUT2D eigenvalue weighted by molar-refractivity contribution is 6.30. The number of benzene rings is 1. The summed E-state index contributed by atoms with van der Waals surface area (Å²) in [5, 5.41) is 3.54. The first-order valence-electron chi connectivity index (χ1n) is 5.34. The summed E-state index contributed by atoms with van der Waals surface area (Å²) in [5.41, 5.74) is 6.64. The second-order valence-electron chi connectivity index (χ2n) is 3.91. The Kier molecular flexibility index (Phi) is 5.29. The molecule has 1 atom stereocenters. The molecule has 1 rings (SSSR count). The predicted molar refractivity (Wildman–Crippen MR) is 66.4 cm³/mol. The summed E-state index contributed by atoms with van der Waals surface area (Å²) in [6.07, 6.45) is 1.15. The maximum absolute atomic E-state index is 11.3. The number of hydrogen-bond acceptors (Lipinski definition) is 2. The van der Waals surface area contributed by atoms with Crippen molar-refractivity contribution >= 4 is 17.5 Å². The van der Waals surface area contributed by atoms with E-state index in [-0.39, 0.29) is 11.9 Å². The van der Waals surface area contributed by atoms with Crippen LogP contribution in [0.1, 0.15) is 18.9 Å². The molecule has 0 radical (unpaired) electrons. The number of nitrogens with two attached hydrogens (primary N) is 1. The molecule has 0 saturated heterocycles. The first kappa shape index (κ1) is 13.0. The molecule has 3 nitrogen and oxygen atoms in total. The van der Waals surface area contributed by atoms with Crippen LogP contribution in [0.25, 0.3) is 0 Å². The highest BCUT2D eigenvalue weighted by Crippen LogP contribution is 2.10. The van der Waals surface area contributed by atoms with Gasteiger partial charge in [0.05, 0.1) is 0 Å². The molecule has 0 spiro atoms. The lowest BCUT2D eigenvalue weighted by Gasteiger charge is -2.07. The number of carbonyl (C=O) groups is 1. The summed E-state index contributed by atoms with van der Waals surface area (Å²) < 4.78 is 0. The second-order valence-corrected chi connectivity index (χ2v) is 4.35. The third-order valence-corrected chi connectivity index (χ3v) is 2.37. The van der Waals surface area contributed by atoms with Crippen molar-refractivity contribution in [3.05, 3.63) is 34.9 Å². The number of halogens is 1. The molecular formula is C12H17ClN2O. The lowest BCUT2D eigenvalue weighted by molar-refractivity contribution is -0.121. The molecule has 1 aromatic carbocycles. The smallest absolute Gasteiger partial charge is 0.221 e. The van der Waals surface area contributed by atoms with E-state index in [9.17, 15) is 4.79 Å². The topological polar surface area (TPSA) is 55.1 Å². The van der Waals surface area contributed by atoms with Crippen LogP contribution in [0, 0.1) is 0 Å². The van der Waals surface area contributed by atoms with Gasteiger partial charge in [0, 0.05) is 24.0 Å². The Morgan fingerprint density at radius 3 is 2.94 bits per heavy atom. The third kappa shape index (κ3) is 5.14. The molecule has 0 aromatic heterocycles. The largest absolute Gasteiger partial charge is 0.356 e. The Hall–Kier alpha value is -1.06. The second kappa shape index (κ2) is 6.51. The fourth-order valence-electron chi connectivity index (χ4n) is 1.40. The van der Waals surface area contributed by atoms with E-state index in [1.54, 1.807) is 0 Å². The molecule has 0 aliphatic carbocycles. The van der Waals surface area contributed by atoms with E-state index in [1.807, 2.05) is 31.2 Å².